The number of methoxy groups -OCH3 is 1. The zero-order chi connectivity index (χ0) is 34.1. The summed E-state index contributed by atoms with van der Waals surface area (Å²) >= 11 is 12.6. The van der Waals surface area contributed by atoms with Crippen LogP contribution in [0.5, 0.6) is 0 Å². The molecule has 3 heterocycles. The fraction of sp³-hybridized carbons (Fsp3) is 0.531. The van der Waals surface area contributed by atoms with Gasteiger partial charge in [-0.15, -0.1) is 5.10 Å². The third kappa shape index (κ3) is 6.90. The van der Waals surface area contributed by atoms with E-state index in [0.717, 1.165) is 25.0 Å². The number of aromatic nitrogens is 3. The molecule has 2 aromatic carbocycles. The lowest BCUT2D eigenvalue weighted by atomic mass is 9.88. The van der Waals surface area contributed by atoms with Crippen LogP contribution in [0.3, 0.4) is 0 Å². The van der Waals surface area contributed by atoms with Crippen LogP contribution in [0.1, 0.15) is 31.7 Å². The Bertz CT molecular complexity index is 1570. The fourth-order valence-electron chi connectivity index (χ4n) is 6.91. The summed E-state index contributed by atoms with van der Waals surface area (Å²) in [6, 6.07) is 5.15. The first-order valence-corrected chi connectivity index (χ1v) is 16.5. The molecule has 1 amide bonds. The Morgan fingerprint density at radius 1 is 1.06 bits per heavy atom. The molecule has 48 heavy (non-hydrogen) atoms. The SMILES string of the molecule is COC1C(C(=O)N(c2cc(Cl)cc(Cl)c2)[C@H]2CCCC[C@@H]2O)OC(CO)C(O)C1n1cc(-c2cc(F)c(N3CCOCC3)c(F)c2)nn1. The first-order valence-electron chi connectivity index (χ1n) is 15.8. The Kier molecular flexibility index (Phi) is 10.8. The largest absolute Gasteiger partial charge is 0.394 e. The van der Waals surface area contributed by atoms with Gasteiger partial charge in [-0.1, -0.05) is 41.3 Å². The molecule has 3 aromatic rings. The molecule has 1 aromatic heterocycles. The Hall–Kier alpha value is -2.95. The molecule has 12 nitrogen and oxygen atoms in total. The van der Waals surface area contributed by atoms with Gasteiger partial charge in [0.1, 0.15) is 47.4 Å². The minimum Gasteiger partial charge on any atom is -0.394 e. The number of amides is 1. The first-order chi connectivity index (χ1) is 23.1. The molecule has 16 heteroatoms. The molecule has 2 saturated heterocycles. The van der Waals surface area contributed by atoms with E-state index < -0.39 is 66.8 Å². The van der Waals surface area contributed by atoms with Crippen molar-refractivity contribution in [1.82, 2.24) is 15.0 Å². The van der Waals surface area contributed by atoms with E-state index in [9.17, 15) is 20.1 Å². The molecule has 6 rings (SSSR count). The Labute approximate surface area is 285 Å². The lowest BCUT2D eigenvalue weighted by Gasteiger charge is -2.46. The number of carbonyl (C=O) groups is 1. The Morgan fingerprint density at radius 2 is 1.73 bits per heavy atom. The molecule has 1 saturated carbocycles. The second kappa shape index (κ2) is 14.9. The smallest absolute Gasteiger partial charge is 0.259 e. The van der Waals surface area contributed by atoms with Crippen molar-refractivity contribution in [2.24, 2.45) is 0 Å². The van der Waals surface area contributed by atoms with Crippen LogP contribution in [0, 0.1) is 11.6 Å². The first kappa shape index (κ1) is 34.9. The van der Waals surface area contributed by atoms with Crippen molar-refractivity contribution in [3.8, 4) is 11.3 Å². The van der Waals surface area contributed by atoms with Gasteiger partial charge >= 0.3 is 0 Å². The maximum absolute atomic E-state index is 15.2. The number of aliphatic hydroxyl groups excluding tert-OH is 3. The molecule has 3 fully saturated rings. The summed E-state index contributed by atoms with van der Waals surface area (Å²) in [5, 5.41) is 41.4. The Morgan fingerprint density at radius 3 is 2.35 bits per heavy atom. The molecule has 1 aliphatic carbocycles. The monoisotopic (exact) mass is 711 g/mol. The summed E-state index contributed by atoms with van der Waals surface area (Å²) in [6.45, 7) is 0.738. The summed E-state index contributed by atoms with van der Waals surface area (Å²) < 4.78 is 48.8. The minimum atomic E-state index is -1.44. The number of nitrogens with zero attached hydrogens (tertiary/aromatic N) is 5. The number of carbonyl (C=O) groups excluding carboxylic acids is 1. The number of hydrogen-bond donors (Lipinski definition) is 3. The highest BCUT2D eigenvalue weighted by atomic mass is 35.5. The molecule has 7 atom stereocenters. The fourth-order valence-corrected chi connectivity index (χ4v) is 7.42. The molecule has 260 valence electrons. The van der Waals surface area contributed by atoms with Crippen molar-refractivity contribution in [2.45, 2.75) is 68.3 Å². The minimum absolute atomic E-state index is 0.0961. The van der Waals surface area contributed by atoms with Gasteiger partial charge in [-0.2, -0.15) is 0 Å². The topological polar surface area (TPSA) is 143 Å². The van der Waals surface area contributed by atoms with Crippen LogP contribution in [0.2, 0.25) is 10.0 Å². The molecule has 3 aliphatic rings. The van der Waals surface area contributed by atoms with E-state index in [1.165, 1.54) is 29.0 Å². The number of benzene rings is 2. The van der Waals surface area contributed by atoms with Gasteiger partial charge < -0.3 is 39.3 Å². The second-order valence-corrected chi connectivity index (χ2v) is 13.1. The van der Waals surface area contributed by atoms with Gasteiger partial charge in [0.25, 0.3) is 5.91 Å². The van der Waals surface area contributed by atoms with Crippen LogP contribution < -0.4 is 9.80 Å². The second-order valence-electron chi connectivity index (χ2n) is 12.2. The number of anilines is 2. The normalized spacial score (nSPS) is 28.0. The summed E-state index contributed by atoms with van der Waals surface area (Å²) in [4.78, 5) is 17.5. The van der Waals surface area contributed by atoms with E-state index in [0.29, 0.717) is 44.8 Å². The van der Waals surface area contributed by atoms with E-state index in [2.05, 4.69) is 10.3 Å². The zero-order valence-electron chi connectivity index (χ0n) is 26.1. The van der Waals surface area contributed by atoms with Crippen molar-refractivity contribution >= 4 is 40.5 Å². The summed E-state index contributed by atoms with van der Waals surface area (Å²) in [5.74, 6) is -2.18. The van der Waals surface area contributed by atoms with E-state index >= 15 is 8.78 Å². The van der Waals surface area contributed by atoms with Crippen molar-refractivity contribution in [2.75, 3.05) is 49.8 Å². The van der Waals surface area contributed by atoms with Gasteiger partial charge in [0.05, 0.1) is 38.2 Å². The summed E-state index contributed by atoms with van der Waals surface area (Å²) in [6.07, 6.45) is -2.28. The van der Waals surface area contributed by atoms with E-state index in [1.807, 2.05) is 0 Å². The van der Waals surface area contributed by atoms with Gasteiger partial charge in [-0.05, 0) is 43.2 Å². The number of hydrogen-bond acceptors (Lipinski definition) is 10. The van der Waals surface area contributed by atoms with E-state index in [-0.39, 0.29) is 27.0 Å². The lowest BCUT2D eigenvalue weighted by Crippen LogP contribution is -2.63. The summed E-state index contributed by atoms with van der Waals surface area (Å²) in [5.41, 5.74) is 0.372. The average molecular weight is 713 g/mol. The molecule has 0 radical (unpaired) electrons. The van der Waals surface area contributed by atoms with Crippen LogP contribution in [-0.4, -0.2) is 113 Å². The van der Waals surface area contributed by atoms with Crippen molar-refractivity contribution in [3.05, 3.63) is 58.2 Å². The van der Waals surface area contributed by atoms with Gasteiger partial charge in [0.2, 0.25) is 0 Å². The van der Waals surface area contributed by atoms with Crippen molar-refractivity contribution in [3.63, 3.8) is 0 Å². The quantitative estimate of drug-likeness (QED) is 0.318. The van der Waals surface area contributed by atoms with Crippen LogP contribution >= 0.6 is 23.2 Å². The van der Waals surface area contributed by atoms with Crippen molar-refractivity contribution < 1.29 is 43.1 Å². The molecule has 2 aliphatic heterocycles. The number of rotatable bonds is 8. The van der Waals surface area contributed by atoms with Crippen LogP contribution in [0.4, 0.5) is 20.2 Å². The number of ether oxygens (including phenoxy) is 3. The molecule has 3 N–H and O–H groups in total. The molecular weight excluding hydrogens is 675 g/mol. The third-order valence-electron chi connectivity index (χ3n) is 9.23. The highest BCUT2D eigenvalue weighted by Crippen LogP contribution is 2.38. The summed E-state index contributed by atoms with van der Waals surface area (Å²) in [7, 11) is 1.33. The number of halogens is 4. The van der Waals surface area contributed by atoms with Gasteiger partial charge in [0, 0.05) is 41.5 Å². The highest BCUT2D eigenvalue weighted by Gasteiger charge is 2.52. The van der Waals surface area contributed by atoms with E-state index in [4.69, 9.17) is 37.4 Å². The van der Waals surface area contributed by atoms with Gasteiger partial charge in [0.15, 0.2) is 6.10 Å². The molecule has 0 bridgehead atoms. The van der Waals surface area contributed by atoms with Crippen molar-refractivity contribution in [1.29, 1.82) is 0 Å². The maximum Gasteiger partial charge on any atom is 0.259 e. The standard InChI is InChI=1S/C32H37Cl2F2N5O7/c1-46-30-28(40-15-23(37-38-40)17-10-21(35)27(22(36)11-17)39-6-8-47-9-7-39)29(44)26(16-42)48-31(30)32(45)41(24-4-2-3-5-25(24)43)20-13-18(33)12-19(34)14-20/h10-15,24-26,28-31,42-44H,2-9,16H2,1H3/t24-,25-,26?,28?,29?,30?,31?/m0/s1. The predicted octanol–water partition coefficient (Wildman–Crippen LogP) is 3.38. The molecule has 0 spiro atoms. The molecule has 5 unspecified atom stereocenters. The van der Waals surface area contributed by atoms with Gasteiger partial charge in [-0.3, -0.25) is 4.79 Å². The Balaban J connectivity index is 1.34. The molecular formula is C32H37Cl2F2N5O7. The lowest BCUT2D eigenvalue weighted by molar-refractivity contribution is -0.211. The predicted molar refractivity (Wildman–Crippen MR) is 172 cm³/mol. The van der Waals surface area contributed by atoms with Crippen LogP contribution in [0.15, 0.2) is 36.5 Å². The highest BCUT2D eigenvalue weighted by molar-refractivity contribution is 6.35. The zero-order valence-corrected chi connectivity index (χ0v) is 27.6. The third-order valence-corrected chi connectivity index (χ3v) is 9.66. The van der Waals surface area contributed by atoms with E-state index in [1.54, 1.807) is 17.0 Å². The average Bonchev–Trinajstić information content (AvgIpc) is 3.55. The van der Waals surface area contributed by atoms with Crippen LogP contribution in [0.25, 0.3) is 11.3 Å². The van der Waals surface area contributed by atoms with Gasteiger partial charge in [-0.25, -0.2) is 13.5 Å². The maximum atomic E-state index is 15.2. The van der Waals surface area contributed by atoms with Crippen LogP contribution in [-0.2, 0) is 19.0 Å². The number of aliphatic hydroxyl groups is 3. The number of morpholine rings is 1.